The number of halogens is 1. The highest BCUT2D eigenvalue weighted by Gasteiger charge is 2.21. The Balaban J connectivity index is 2.14. The van der Waals surface area contributed by atoms with Gasteiger partial charge in [0.25, 0.3) is 5.56 Å². The van der Waals surface area contributed by atoms with Gasteiger partial charge in [-0.2, -0.15) is 0 Å². The van der Waals surface area contributed by atoms with Gasteiger partial charge >= 0.3 is 0 Å². The van der Waals surface area contributed by atoms with Crippen LogP contribution in [0.2, 0.25) is 5.02 Å². The minimum atomic E-state index is -0.302. The molecule has 1 aliphatic rings. The second kappa shape index (κ2) is 6.24. The van der Waals surface area contributed by atoms with Crippen molar-refractivity contribution in [2.75, 3.05) is 5.32 Å². The number of anilines is 1. The van der Waals surface area contributed by atoms with Crippen LogP contribution < -0.4 is 10.9 Å². The zero-order chi connectivity index (χ0) is 13.8. The zero-order valence-electron chi connectivity index (χ0n) is 11.1. The molecule has 2 rings (SSSR count). The molecule has 1 amide bonds. The van der Waals surface area contributed by atoms with Crippen LogP contribution in [0.3, 0.4) is 0 Å². The van der Waals surface area contributed by atoms with Crippen molar-refractivity contribution in [1.29, 1.82) is 0 Å². The number of aromatic nitrogens is 1. The van der Waals surface area contributed by atoms with Crippen molar-refractivity contribution in [3.05, 3.63) is 27.1 Å². The molecule has 0 radical (unpaired) electrons. The second-order valence-electron chi connectivity index (χ2n) is 5.14. The summed E-state index contributed by atoms with van der Waals surface area (Å²) < 4.78 is 0. The highest BCUT2D eigenvalue weighted by Crippen LogP contribution is 2.25. The van der Waals surface area contributed by atoms with E-state index in [1.54, 1.807) is 6.92 Å². The van der Waals surface area contributed by atoms with Crippen LogP contribution in [0, 0.1) is 12.8 Å². The Kier molecular flexibility index (Phi) is 4.64. The van der Waals surface area contributed by atoms with Crippen LogP contribution in [0.15, 0.2) is 11.0 Å². The van der Waals surface area contributed by atoms with E-state index in [0.29, 0.717) is 10.6 Å². The van der Waals surface area contributed by atoms with Gasteiger partial charge in [-0.25, -0.2) is 0 Å². The summed E-state index contributed by atoms with van der Waals surface area (Å²) in [6, 6.07) is 0. The average molecular weight is 283 g/mol. The van der Waals surface area contributed by atoms with Gasteiger partial charge in [-0.1, -0.05) is 37.3 Å². The number of amides is 1. The van der Waals surface area contributed by atoms with E-state index in [4.69, 9.17) is 11.6 Å². The molecule has 0 unspecified atom stereocenters. The summed E-state index contributed by atoms with van der Waals surface area (Å²) in [4.78, 5) is 26.5. The minimum Gasteiger partial charge on any atom is -0.326 e. The van der Waals surface area contributed by atoms with Gasteiger partial charge in [0.15, 0.2) is 0 Å². The first-order chi connectivity index (χ1) is 9.09. The molecule has 2 N–H and O–H groups in total. The average Bonchev–Trinajstić information content (AvgIpc) is 2.68. The van der Waals surface area contributed by atoms with Crippen LogP contribution in [-0.2, 0) is 4.79 Å². The zero-order valence-corrected chi connectivity index (χ0v) is 11.8. The van der Waals surface area contributed by atoms with E-state index in [-0.39, 0.29) is 23.1 Å². The van der Waals surface area contributed by atoms with Crippen molar-refractivity contribution in [2.24, 2.45) is 5.92 Å². The van der Waals surface area contributed by atoms with E-state index < -0.39 is 0 Å². The quantitative estimate of drug-likeness (QED) is 0.818. The maximum absolute atomic E-state index is 12.2. The molecular weight excluding hydrogens is 264 g/mol. The van der Waals surface area contributed by atoms with Crippen LogP contribution in [0.4, 0.5) is 5.69 Å². The van der Waals surface area contributed by atoms with E-state index in [0.717, 1.165) is 25.7 Å². The van der Waals surface area contributed by atoms with Crippen molar-refractivity contribution in [3.8, 4) is 0 Å². The summed E-state index contributed by atoms with van der Waals surface area (Å²) in [5.74, 6) is -0.0435. The van der Waals surface area contributed by atoms with Gasteiger partial charge in [-0.05, 0) is 25.3 Å². The van der Waals surface area contributed by atoms with Gasteiger partial charge in [0.2, 0.25) is 5.91 Å². The molecule has 1 aliphatic carbocycles. The molecule has 4 nitrogen and oxygen atoms in total. The highest BCUT2D eigenvalue weighted by molar-refractivity contribution is 6.31. The number of rotatable bonds is 2. The number of carbonyl (C=O) groups excluding carboxylic acids is 1. The predicted molar refractivity (Wildman–Crippen MR) is 76.6 cm³/mol. The summed E-state index contributed by atoms with van der Waals surface area (Å²) in [6.07, 6.45) is 7.82. The second-order valence-corrected chi connectivity index (χ2v) is 5.55. The Hall–Kier alpha value is -1.29. The third kappa shape index (κ3) is 3.38. The molecular formula is C14H19ClN2O2. The molecule has 1 saturated carbocycles. The van der Waals surface area contributed by atoms with E-state index in [1.165, 1.54) is 19.0 Å². The third-order valence-electron chi connectivity index (χ3n) is 3.76. The normalized spacial score (nSPS) is 16.9. The molecule has 0 aliphatic heterocycles. The molecule has 0 bridgehead atoms. The molecule has 0 saturated heterocycles. The Labute approximate surface area is 117 Å². The van der Waals surface area contributed by atoms with Crippen molar-refractivity contribution in [1.82, 2.24) is 4.98 Å². The van der Waals surface area contributed by atoms with Crippen molar-refractivity contribution >= 4 is 23.2 Å². The highest BCUT2D eigenvalue weighted by atomic mass is 35.5. The Bertz CT molecular complexity index is 517. The lowest BCUT2D eigenvalue weighted by molar-refractivity contribution is -0.120. The number of carbonyl (C=O) groups is 1. The lowest BCUT2D eigenvalue weighted by Gasteiger charge is -2.15. The molecule has 1 fully saturated rings. The Morgan fingerprint density at radius 2 is 1.95 bits per heavy atom. The smallest absolute Gasteiger partial charge is 0.272 e. The Morgan fingerprint density at radius 3 is 2.58 bits per heavy atom. The molecule has 1 heterocycles. The largest absolute Gasteiger partial charge is 0.326 e. The molecule has 0 spiro atoms. The predicted octanol–water partition coefficient (Wildman–Crippen LogP) is 3.25. The van der Waals surface area contributed by atoms with Crippen LogP contribution in [0.25, 0.3) is 0 Å². The molecule has 1 aromatic rings. The van der Waals surface area contributed by atoms with Gasteiger partial charge in [0, 0.05) is 12.1 Å². The van der Waals surface area contributed by atoms with Crippen LogP contribution in [0.1, 0.15) is 44.1 Å². The summed E-state index contributed by atoms with van der Waals surface area (Å²) in [7, 11) is 0. The van der Waals surface area contributed by atoms with Gasteiger partial charge in [0.1, 0.15) is 5.69 Å². The maximum Gasteiger partial charge on any atom is 0.272 e. The first-order valence-corrected chi connectivity index (χ1v) is 7.16. The van der Waals surface area contributed by atoms with E-state index in [9.17, 15) is 9.59 Å². The summed E-state index contributed by atoms with van der Waals surface area (Å²) in [5, 5.41) is 3.20. The van der Waals surface area contributed by atoms with Gasteiger partial charge in [-0.15, -0.1) is 0 Å². The number of hydrogen-bond acceptors (Lipinski definition) is 2. The van der Waals surface area contributed by atoms with Gasteiger partial charge in [-0.3, -0.25) is 9.59 Å². The molecule has 0 aromatic carbocycles. The number of H-pyrrole nitrogens is 1. The summed E-state index contributed by atoms with van der Waals surface area (Å²) in [5.41, 5.74) is 0.595. The van der Waals surface area contributed by atoms with E-state index >= 15 is 0 Å². The molecule has 104 valence electrons. The first-order valence-electron chi connectivity index (χ1n) is 6.78. The van der Waals surface area contributed by atoms with E-state index in [1.807, 2.05) is 0 Å². The van der Waals surface area contributed by atoms with Crippen LogP contribution in [0.5, 0.6) is 0 Å². The first kappa shape index (κ1) is 14.1. The molecule has 19 heavy (non-hydrogen) atoms. The van der Waals surface area contributed by atoms with Crippen LogP contribution in [-0.4, -0.2) is 10.9 Å². The fourth-order valence-electron chi connectivity index (χ4n) is 2.52. The lowest BCUT2D eigenvalue weighted by Crippen LogP contribution is -2.27. The number of hydrogen-bond donors (Lipinski definition) is 2. The van der Waals surface area contributed by atoms with E-state index in [2.05, 4.69) is 10.3 Å². The monoisotopic (exact) mass is 282 g/mol. The topological polar surface area (TPSA) is 62.0 Å². The number of aromatic amines is 1. The Morgan fingerprint density at radius 1 is 1.32 bits per heavy atom. The molecule has 1 aromatic heterocycles. The number of nitrogens with one attached hydrogen (secondary N) is 2. The molecule has 0 atom stereocenters. The lowest BCUT2D eigenvalue weighted by atomic mass is 9.99. The summed E-state index contributed by atoms with van der Waals surface area (Å²) in [6.45, 7) is 1.74. The fourth-order valence-corrected chi connectivity index (χ4v) is 2.67. The van der Waals surface area contributed by atoms with Gasteiger partial charge in [0.05, 0.1) is 5.02 Å². The standard InChI is InChI=1S/C14H19ClN2O2/c1-9-11(15)8-16-14(19)12(9)17-13(18)10-6-4-2-3-5-7-10/h8,10H,2-7H2,1H3,(H,16,19)(H,17,18). The fraction of sp³-hybridized carbons (Fsp3) is 0.571. The van der Waals surface area contributed by atoms with Crippen molar-refractivity contribution in [3.63, 3.8) is 0 Å². The molecule has 5 heteroatoms. The summed E-state index contributed by atoms with van der Waals surface area (Å²) >= 11 is 5.96. The van der Waals surface area contributed by atoms with Crippen LogP contribution >= 0.6 is 11.6 Å². The van der Waals surface area contributed by atoms with Crippen molar-refractivity contribution < 1.29 is 4.79 Å². The van der Waals surface area contributed by atoms with Crippen molar-refractivity contribution in [2.45, 2.75) is 45.4 Å². The maximum atomic E-state index is 12.2. The third-order valence-corrected chi connectivity index (χ3v) is 4.16. The van der Waals surface area contributed by atoms with Gasteiger partial charge < -0.3 is 10.3 Å². The SMILES string of the molecule is Cc1c(Cl)c[nH]c(=O)c1NC(=O)C1CCCCCC1. The minimum absolute atomic E-state index is 0.0141. The number of pyridine rings is 1.